The molecule has 1 N–H and O–H groups in total. The van der Waals surface area contributed by atoms with Crippen molar-refractivity contribution in [2.75, 3.05) is 5.32 Å². The fourth-order valence-corrected chi connectivity index (χ4v) is 2.16. The molecular formula is C14H10BrF4N. The molecule has 2 aromatic carbocycles. The van der Waals surface area contributed by atoms with E-state index in [1.165, 1.54) is 6.07 Å². The maximum absolute atomic E-state index is 13.7. The Balaban J connectivity index is 2.27. The van der Waals surface area contributed by atoms with E-state index >= 15 is 0 Å². The van der Waals surface area contributed by atoms with Crippen LogP contribution in [0.15, 0.2) is 34.8 Å². The Morgan fingerprint density at radius 2 is 1.50 bits per heavy atom. The summed E-state index contributed by atoms with van der Waals surface area (Å²) in [5.74, 6) is -3.52. The Hall–Kier alpha value is -1.56. The van der Waals surface area contributed by atoms with Crippen molar-refractivity contribution in [2.24, 2.45) is 0 Å². The number of rotatable bonds is 3. The Kier molecular flexibility index (Phi) is 4.32. The van der Waals surface area contributed by atoms with Gasteiger partial charge in [-0.05, 0) is 36.8 Å². The van der Waals surface area contributed by atoms with Gasteiger partial charge in [0.05, 0.1) is 0 Å². The Morgan fingerprint density at radius 3 is 2.05 bits per heavy atom. The maximum Gasteiger partial charge on any atom is 0.159 e. The highest BCUT2D eigenvalue weighted by molar-refractivity contribution is 9.10. The lowest BCUT2D eigenvalue weighted by molar-refractivity contribution is 0.506. The van der Waals surface area contributed by atoms with Gasteiger partial charge in [0, 0.05) is 10.5 Å². The minimum absolute atomic E-state index is 0.276. The van der Waals surface area contributed by atoms with Gasteiger partial charge in [0.2, 0.25) is 0 Å². The molecule has 0 saturated carbocycles. The largest absolute Gasteiger partial charge is 0.374 e. The summed E-state index contributed by atoms with van der Waals surface area (Å²) in [6.45, 7) is 1.59. The third kappa shape index (κ3) is 3.12. The standard InChI is InChI=1S/C14H10BrF4N/c1-7(8-2-3-10(16)11(17)4-8)20-14-12(18)5-9(15)6-13(14)19/h2-7,20H,1H3. The van der Waals surface area contributed by atoms with E-state index < -0.39 is 29.3 Å². The molecule has 2 aromatic rings. The summed E-state index contributed by atoms with van der Waals surface area (Å²) in [5.41, 5.74) is 0.0658. The Bertz CT molecular complexity index is 622. The summed E-state index contributed by atoms with van der Waals surface area (Å²) in [4.78, 5) is 0. The van der Waals surface area contributed by atoms with Crippen molar-refractivity contribution in [3.63, 3.8) is 0 Å². The van der Waals surface area contributed by atoms with Gasteiger partial charge in [0.15, 0.2) is 11.6 Å². The highest BCUT2D eigenvalue weighted by atomic mass is 79.9. The Morgan fingerprint density at radius 1 is 0.900 bits per heavy atom. The molecule has 1 atom stereocenters. The van der Waals surface area contributed by atoms with Crippen molar-refractivity contribution in [3.05, 3.63) is 63.6 Å². The van der Waals surface area contributed by atoms with Gasteiger partial charge in [0.25, 0.3) is 0 Å². The molecule has 1 nitrogen and oxygen atoms in total. The number of nitrogens with one attached hydrogen (secondary N) is 1. The quantitative estimate of drug-likeness (QED) is 0.754. The second-order valence-electron chi connectivity index (χ2n) is 4.28. The molecule has 20 heavy (non-hydrogen) atoms. The summed E-state index contributed by atoms with van der Waals surface area (Å²) in [6.07, 6.45) is 0. The normalized spacial score (nSPS) is 12.3. The fraction of sp³-hybridized carbons (Fsp3) is 0.143. The summed E-state index contributed by atoms with van der Waals surface area (Å²) in [6, 6.07) is 4.95. The Labute approximate surface area is 121 Å². The van der Waals surface area contributed by atoms with Gasteiger partial charge < -0.3 is 5.32 Å². The molecule has 0 aromatic heterocycles. The monoisotopic (exact) mass is 347 g/mol. The molecule has 0 aliphatic heterocycles. The molecule has 0 amide bonds. The van der Waals surface area contributed by atoms with Crippen molar-refractivity contribution in [3.8, 4) is 0 Å². The molecule has 0 radical (unpaired) electrons. The molecule has 0 fully saturated rings. The average molecular weight is 348 g/mol. The average Bonchev–Trinajstić information content (AvgIpc) is 2.36. The van der Waals surface area contributed by atoms with Gasteiger partial charge >= 0.3 is 0 Å². The first-order valence-electron chi connectivity index (χ1n) is 5.74. The van der Waals surface area contributed by atoms with Gasteiger partial charge in [-0.25, -0.2) is 17.6 Å². The van der Waals surface area contributed by atoms with Gasteiger partial charge in [-0.2, -0.15) is 0 Å². The lowest BCUT2D eigenvalue weighted by Crippen LogP contribution is -2.10. The number of hydrogen-bond acceptors (Lipinski definition) is 1. The molecule has 0 bridgehead atoms. The highest BCUT2D eigenvalue weighted by Gasteiger charge is 2.15. The third-order valence-electron chi connectivity index (χ3n) is 2.81. The molecule has 0 aliphatic rings. The zero-order chi connectivity index (χ0) is 14.9. The first kappa shape index (κ1) is 14.8. The second kappa shape index (κ2) is 5.83. The van der Waals surface area contributed by atoms with E-state index in [1.807, 2.05) is 0 Å². The van der Waals surface area contributed by atoms with Crippen molar-refractivity contribution in [1.82, 2.24) is 0 Å². The van der Waals surface area contributed by atoms with Crippen molar-refractivity contribution >= 4 is 21.6 Å². The van der Waals surface area contributed by atoms with Crippen molar-refractivity contribution < 1.29 is 17.6 Å². The lowest BCUT2D eigenvalue weighted by Gasteiger charge is -2.17. The maximum atomic E-state index is 13.7. The number of halogens is 5. The minimum atomic E-state index is -1.01. The molecule has 0 spiro atoms. The van der Waals surface area contributed by atoms with Crippen molar-refractivity contribution in [2.45, 2.75) is 13.0 Å². The summed E-state index contributed by atoms with van der Waals surface area (Å²) in [5, 5.41) is 2.61. The van der Waals surface area contributed by atoms with Crippen LogP contribution in [0.5, 0.6) is 0 Å². The van der Waals surface area contributed by atoms with E-state index in [0.717, 1.165) is 24.3 Å². The molecule has 6 heteroatoms. The molecular weight excluding hydrogens is 338 g/mol. The number of benzene rings is 2. The van der Waals surface area contributed by atoms with Crippen LogP contribution in [0.2, 0.25) is 0 Å². The van der Waals surface area contributed by atoms with Gasteiger partial charge in [-0.3, -0.25) is 0 Å². The summed E-state index contributed by atoms with van der Waals surface area (Å²) in [7, 11) is 0. The minimum Gasteiger partial charge on any atom is -0.374 e. The van der Waals surface area contributed by atoms with Crippen LogP contribution in [-0.2, 0) is 0 Å². The summed E-state index contributed by atoms with van der Waals surface area (Å²) < 4.78 is 53.6. The van der Waals surface area contributed by atoms with Crippen LogP contribution in [0, 0.1) is 23.3 Å². The van der Waals surface area contributed by atoms with E-state index in [2.05, 4.69) is 21.2 Å². The van der Waals surface area contributed by atoms with Gasteiger partial charge in [-0.1, -0.05) is 22.0 Å². The molecule has 0 saturated heterocycles. The number of hydrogen-bond donors (Lipinski definition) is 1. The van der Waals surface area contributed by atoms with E-state index in [0.29, 0.717) is 5.56 Å². The molecule has 0 heterocycles. The first-order chi connectivity index (χ1) is 9.38. The van der Waals surface area contributed by atoms with Crippen LogP contribution in [0.4, 0.5) is 23.2 Å². The van der Waals surface area contributed by atoms with E-state index in [9.17, 15) is 17.6 Å². The van der Waals surface area contributed by atoms with Crippen LogP contribution in [-0.4, -0.2) is 0 Å². The van der Waals surface area contributed by atoms with E-state index in [4.69, 9.17) is 0 Å². The smallest absolute Gasteiger partial charge is 0.159 e. The third-order valence-corrected chi connectivity index (χ3v) is 3.27. The molecule has 106 valence electrons. The second-order valence-corrected chi connectivity index (χ2v) is 5.20. The zero-order valence-electron chi connectivity index (χ0n) is 10.4. The van der Waals surface area contributed by atoms with E-state index in [1.54, 1.807) is 6.92 Å². The van der Waals surface area contributed by atoms with Gasteiger partial charge in [0.1, 0.15) is 17.3 Å². The molecule has 1 unspecified atom stereocenters. The fourth-order valence-electron chi connectivity index (χ4n) is 1.76. The highest BCUT2D eigenvalue weighted by Crippen LogP contribution is 2.28. The summed E-state index contributed by atoms with van der Waals surface area (Å²) >= 11 is 2.98. The van der Waals surface area contributed by atoms with Crippen LogP contribution >= 0.6 is 15.9 Å². The van der Waals surface area contributed by atoms with Crippen LogP contribution in [0.25, 0.3) is 0 Å². The molecule has 2 rings (SSSR count). The zero-order valence-corrected chi connectivity index (χ0v) is 11.9. The van der Waals surface area contributed by atoms with Crippen LogP contribution in [0.1, 0.15) is 18.5 Å². The predicted molar refractivity (Wildman–Crippen MR) is 72.5 cm³/mol. The van der Waals surface area contributed by atoms with Gasteiger partial charge in [-0.15, -0.1) is 0 Å². The topological polar surface area (TPSA) is 12.0 Å². The van der Waals surface area contributed by atoms with Crippen molar-refractivity contribution in [1.29, 1.82) is 0 Å². The first-order valence-corrected chi connectivity index (χ1v) is 6.54. The SMILES string of the molecule is CC(Nc1c(F)cc(Br)cc1F)c1ccc(F)c(F)c1. The molecule has 0 aliphatic carbocycles. The van der Waals surface area contributed by atoms with Crippen LogP contribution in [0.3, 0.4) is 0 Å². The van der Waals surface area contributed by atoms with E-state index in [-0.39, 0.29) is 10.2 Å². The number of anilines is 1. The lowest BCUT2D eigenvalue weighted by atomic mass is 10.1. The predicted octanol–water partition coefficient (Wildman–Crippen LogP) is 5.18. The van der Waals surface area contributed by atoms with Crippen LogP contribution < -0.4 is 5.32 Å².